The maximum absolute atomic E-state index is 12.8. The molecule has 0 aliphatic carbocycles. The number of nitrogens with one attached hydrogen (secondary N) is 1. The van der Waals surface area contributed by atoms with Gasteiger partial charge in [-0.15, -0.1) is 0 Å². The fourth-order valence-electron chi connectivity index (χ4n) is 6.90. The van der Waals surface area contributed by atoms with Crippen LogP contribution in [-0.4, -0.2) is 73.4 Å². The molecule has 0 saturated heterocycles. The second-order valence-electron chi connectivity index (χ2n) is 17.5. The van der Waals surface area contributed by atoms with Crippen molar-refractivity contribution in [1.29, 1.82) is 0 Å². The zero-order chi connectivity index (χ0) is 41.4. The molecule has 0 spiro atoms. The van der Waals surface area contributed by atoms with Gasteiger partial charge in [0.2, 0.25) is 5.91 Å². The molecular formula is C47H94N2O6P+. The number of carbonyl (C=O) groups is 1. The molecular weight excluding hydrogens is 719 g/mol. The Morgan fingerprint density at radius 1 is 0.589 bits per heavy atom. The molecule has 1 amide bonds. The lowest BCUT2D eigenvalue weighted by Gasteiger charge is -2.26. The van der Waals surface area contributed by atoms with Gasteiger partial charge in [-0.2, -0.15) is 0 Å². The summed E-state index contributed by atoms with van der Waals surface area (Å²) in [7, 11) is 1.56. The van der Waals surface area contributed by atoms with Gasteiger partial charge in [0.05, 0.1) is 39.9 Å². The van der Waals surface area contributed by atoms with Crippen LogP contribution in [0, 0.1) is 0 Å². The van der Waals surface area contributed by atoms with Gasteiger partial charge in [0.25, 0.3) is 0 Å². The van der Waals surface area contributed by atoms with E-state index in [1.54, 1.807) is 0 Å². The average molecular weight is 814 g/mol. The first-order chi connectivity index (χ1) is 27.0. The number of likely N-dealkylation sites (N-methyl/N-ethyl adjacent to an activating group) is 1. The molecule has 9 heteroatoms. The number of hydrogen-bond acceptors (Lipinski definition) is 5. The summed E-state index contributed by atoms with van der Waals surface area (Å²) in [5.41, 5.74) is 0. The van der Waals surface area contributed by atoms with Crippen LogP contribution in [0.4, 0.5) is 0 Å². The number of phosphoric ester groups is 1. The number of phosphoric acid groups is 1. The molecule has 0 aromatic rings. The van der Waals surface area contributed by atoms with Crippen LogP contribution in [0.15, 0.2) is 24.3 Å². The lowest BCUT2D eigenvalue weighted by molar-refractivity contribution is -0.870. The summed E-state index contributed by atoms with van der Waals surface area (Å²) in [6.45, 7) is 4.81. The van der Waals surface area contributed by atoms with Gasteiger partial charge in [0.1, 0.15) is 13.2 Å². The number of unbranched alkanes of at least 4 members (excludes halogenated alkanes) is 28. The summed E-state index contributed by atoms with van der Waals surface area (Å²) in [6, 6.07) is -0.838. The minimum Gasteiger partial charge on any atom is -0.391 e. The second-order valence-corrected chi connectivity index (χ2v) is 19.0. The molecule has 0 saturated carbocycles. The minimum atomic E-state index is -4.34. The zero-order valence-corrected chi connectivity index (χ0v) is 38.5. The zero-order valence-electron chi connectivity index (χ0n) is 37.6. The van der Waals surface area contributed by atoms with E-state index in [4.69, 9.17) is 9.05 Å². The van der Waals surface area contributed by atoms with Crippen LogP contribution >= 0.6 is 7.82 Å². The maximum atomic E-state index is 12.8. The van der Waals surface area contributed by atoms with E-state index >= 15 is 0 Å². The summed E-state index contributed by atoms with van der Waals surface area (Å²) in [6.07, 6.45) is 46.9. The van der Waals surface area contributed by atoms with E-state index in [-0.39, 0.29) is 25.5 Å². The van der Waals surface area contributed by atoms with Gasteiger partial charge in [0, 0.05) is 6.42 Å². The van der Waals surface area contributed by atoms with Crippen LogP contribution in [-0.2, 0) is 18.4 Å². The Bertz CT molecular complexity index is 969. The number of carbonyl (C=O) groups excluding carboxylic acids is 1. The molecule has 0 rings (SSSR count). The van der Waals surface area contributed by atoms with Crippen molar-refractivity contribution in [3.63, 3.8) is 0 Å². The fraction of sp³-hybridized carbons (Fsp3) is 0.894. The SMILES string of the molecule is CCCCCCCCCCCCC=CC[C@@H](O)[C@H](COP(=O)(O)OCC[N+](C)(C)C)NC(=O)CC=CCCCCCCCCCCCCCCCCCCCC. The highest BCUT2D eigenvalue weighted by molar-refractivity contribution is 7.47. The Hall–Kier alpha value is -1.02. The van der Waals surface area contributed by atoms with Gasteiger partial charge in [-0.25, -0.2) is 4.57 Å². The molecule has 332 valence electrons. The van der Waals surface area contributed by atoms with Crippen molar-refractivity contribution < 1.29 is 32.9 Å². The third kappa shape index (κ3) is 41.2. The number of hydrogen-bond donors (Lipinski definition) is 3. The van der Waals surface area contributed by atoms with E-state index in [0.717, 1.165) is 25.7 Å². The van der Waals surface area contributed by atoms with Crippen molar-refractivity contribution in [3.05, 3.63) is 24.3 Å². The van der Waals surface area contributed by atoms with Gasteiger partial charge in [-0.3, -0.25) is 13.8 Å². The summed E-state index contributed by atoms with van der Waals surface area (Å²) >= 11 is 0. The first kappa shape index (κ1) is 55.0. The molecule has 0 aromatic heterocycles. The summed E-state index contributed by atoms with van der Waals surface area (Å²) < 4.78 is 23.6. The number of aliphatic hydroxyl groups excluding tert-OH is 1. The largest absolute Gasteiger partial charge is 0.472 e. The highest BCUT2D eigenvalue weighted by Crippen LogP contribution is 2.43. The summed E-state index contributed by atoms with van der Waals surface area (Å²) in [5, 5.41) is 13.8. The number of amides is 1. The van der Waals surface area contributed by atoms with Gasteiger partial charge < -0.3 is 19.8 Å². The Labute approximate surface area is 347 Å². The molecule has 3 N–H and O–H groups in total. The smallest absolute Gasteiger partial charge is 0.391 e. The standard InChI is InChI=1S/C47H93N2O6P/c1-6-8-10-12-14-16-18-20-21-22-23-24-25-26-27-29-31-33-35-37-39-41-47(51)48-45(44-55-56(52,53)54-43-42-49(3,4)5)46(50)40-38-36-34-32-30-28-19-17-15-13-11-9-7-2/h36-39,45-46,50H,6-35,40-44H2,1-5H3,(H-,48,51,52,53)/p+1/t45-,46+/m0/s1. The van der Waals surface area contributed by atoms with E-state index in [2.05, 4.69) is 31.3 Å². The van der Waals surface area contributed by atoms with Crippen molar-refractivity contribution in [2.45, 2.75) is 231 Å². The molecule has 8 nitrogen and oxygen atoms in total. The molecule has 0 aliphatic heterocycles. The van der Waals surface area contributed by atoms with E-state index in [9.17, 15) is 19.4 Å². The predicted octanol–water partition coefficient (Wildman–Crippen LogP) is 13.3. The van der Waals surface area contributed by atoms with Gasteiger partial charge in [-0.1, -0.05) is 205 Å². The van der Waals surface area contributed by atoms with Crippen molar-refractivity contribution >= 4 is 13.7 Å². The van der Waals surface area contributed by atoms with Crippen molar-refractivity contribution in [2.24, 2.45) is 0 Å². The van der Waals surface area contributed by atoms with E-state index in [1.165, 1.54) is 167 Å². The van der Waals surface area contributed by atoms with E-state index in [0.29, 0.717) is 17.4 Å². The van der Waals surface area contributed by atoms with Crippen LogP contribution in [0.25, 0.3) is 0 Å². The third-order valence-electron chi connectivity index (χ3n) is 10.7. The Morgan fingerprint density at radius 3 is 1.36 bits per heavy atom. The number of rotatable bonds is 43. The molecule has 1 unspecified atom stereocenters. The van der Waals surface area contributed by atoms with Crippen LogP contribution in [0.2, 0.25) is 0 Å². The van der Waals surface area contributed by atoms with Crippen LogP contribution in [0.5, 0.6) is 0 Å². The number of quaternary nitrogens is 1. The highest BCUT2D eigenvalue weighted by atomic mass is 31.2. The minimum absolute atomic E-state index is 0.0584. The highest BCUT2D eigenvalue weighted by Gasteiger charge is 2.28. The van der Waals surface area contributed by atoms with Gasteiger partial charge in [0.15, 0.2) is 0 Å². The normalized spacial score (nSPS) is 14.5. The van der Waals surface area contributed by atoms with Crippen LogP contribution in [0.1, 0.15) is 219 Å². The lowest BCUT2D eigenvalue weighted by atomic mass is 10.0. The second kappa shape index (κ2) is 39.4. The van der Waals surface area contributed by atoms with E-state index < -0.39 is 20.0 Å². The molecule has 3 atom stereocenters. The topological polar surface area (TPSA) is 105 Å². The average Bonchev–Trinajstić information content (AvgIpc) is 3.15. The molecule has 0 aromatic carbocycles. The first-order valence-corrected chi connectivity index (χ1v) is 25.2. The Morgan fingerprint density at radius 2 is 0.964 bits per heavy atom. The number of aliphatic hydroxyl groups is 1. The molecule has 0 bridgehead atoms. The Balaban J connectivity index is 4.34. The van der Waals surface area contributed by atoms with Gasteiger partial charge in [-0.05, 0) is 32.1 Å². The number of allylic oxidation sites excluding steroid dienone is 2. The van der Waals surface area contributed by atoms with Crippen molar-refractivity contribution in [1.82, 2.24) is 5.32 Å². The maximum Gasteiger partial charge on any atom is 0.472 e. The van der Waals surface area contributed by atoms with Crippen molar-refractivity contribution in [3.8, 4) is 0 Å². The number of nitrogens with zero attached hydrogens (tertiary/aromatic N) is 1. The predicted molar refractivity (Wildman–Crippen MR) is 240 cm³/mol. The van der Waals surface area contributed by atoms with Crippen molar-refractivity contribution in [2.75, 3.05) is 40.9 Å². The molecule has 0 radical (unpaired) electrons. The van der Waals surface area contributed by atoms with Crippen LogP contribution < -0.4 is 5.32 Å². The van der Waals surface area contributed by atoms with Gasteiger partial charge >= 0.3 is 7.82 Å². The van der Waals surface area contributed by atoms with Crippen LogP contribution in [0.3, 0.4) is 0 Å². The molecule has 56 heavy (non-hydrogen) atoms. The lowest BCUT2D eigenvalue weighted by Crippen LogP contribution is -2.46. The molecule has 0 heterocycles. The molecule has 0 fully saturated rings. The van der Waals surface area contributed by atoms with E-state index in [1.807, 2.05) is 33.3 Å². The monoisotopic (exact) mass is 814 g/mol. The quantitative estimate of drug-likeness (QED) is 0.0245. The summed E-state index contributed by atoms with van der Waals surface area (Å²) in [5.74, 6) is -0.250. The summed E-state index contributed by atoms with van der Waals surface area (Å²) in [4.78, 5) is 23.1. The molecule has 0 aliphatic rings. The first-order valence-electron chi connectivity index (χ1n) is 23.7. The fourth-order valence-corrected chi connectivity index (χ4v) is 7.63. The third-order valence-corrected chi connectivity index (χ3v) is 11.7. The Kier molecular flexibility index (Phi) is 38.7.